The van der Waals surface area contributed by atoms with Crippen LogP contribution in [0, 0.1) is 6.92 Å². The number of rotatable bonds is 5. The van der Waals surface area contributed by atoms with Gasteiger partial charge in [0.1, 0.15) is 0 Å². The van der Waals surface area contributed by atoms with Gasteiger partial charge in [-0.15, -0.1) is 0 Å². The number of hydrogen-bond donors (Lipinski definition) is 1. The van der Waals surface area contributed by atoms with Crippen LogP contribution < -0.4 is 0 Å². The van der Waals surface area contributed by atoms with Crippen LogP contribution in [0.25, 0.3) is 0 Å². The first-order valence-electron chi connectivity index (χ1n) is 7.41. The lowest BCUT2D eigenvalue weighted by atomic mass is 10.1. The Morgan fingerprint density at radius 1 is 1.08 bits per heavy atom. The molecule has 0 spiro atoms. The fourth-order valence-corrected chi connectivity index (χ4v) is 5.28. The number of nitrogens with zero attached hydrogens (tertiary/aromatic N) is 2. The summed E-state index contributed by atoms with van der Waals surface area (Å²) < 4.78 is 51.7. The minimum Gasteiger partial charge on any atom is -0.478 e. The maximum absolute atomic E-state index is 12.8. The van der Waals surface area contributed by atoms with Crippen molar-refractivity contribution in [1.29, 1.82) is 0 Å². The van der Waals surface area contributed by atoms with Crippen molar-refractivity contribution in [2.75, 3.05) is 31.9 Å². The number of hydrogen-bond acceptors (Lipinski definition) is 5. The molecule has 0 amide bonds. The zero-order chi connectivity index (χ0) is 18.1. The van der Waals surface area contributed by atoms with E-state index in [0.29, 0.717) is 5.56 Å². The monoisotopic (exact) mass is 376 g/mol. The average Bonchev–Trinajstić information content (AvgIpc) is 2.55. The van der Waals surface area contributed by atoms with E-state index < -0.39 is 26.0 Å². The second kappa shape index (κ2) is 6.79. The molecule has 0 unspecified atom stereocenters. The molecule has 1 aliphatic heterocycles. The normalized spacial score (nSPS) is 17.8. The molecule has 8 nitrogen and oxygen atoms in total. The fraction of sp³-hybridized carbons (Fsp3) is 0.500. The van der Waals surface area contributed by atoms with Gasteiger partial charge in [-0.25, -0.2) is 21.6 Å². The lowest BCUT2D eigenvalue weighted by Crippen LogP contribution is -2.50. The van der Waals surface area contributed by atoms with Gasteiger partial charge >= 0.3 is 5.97 Å². The van der Waals surface area contributed by atoms with E-state index in [1.165, 1.54) is 20.7 Å². The van der Waals surface area contributed by atoms with Gasteiger partial charge in [0.25, 0.3) is 0 Å². The molecule has 2 rings (SSSR count). The summed E-state index contributed by atoms with van der Waals surface area (Å²) in [6.45, 7) is 3.40. The van der Waals surface area contributed by atoms with Gasteiger partial charge in [-0.3, -0.25) is 0 Å². The smallest absolute Gasteiger partial charge is 0.335 e. The van der Waals surface area contributed by atoms with Crippen molar-refractivity contribution in [1.82, 2.24) is 8.61 Å². The maximum Gasteiger partial charge on any atom is 0.335 e. The number of piperazine rings is 1. The molecule has 0 aliphatic carbocycles. The molecule has 24 heavy (non-hydrogen) atoms. The minimum absolute atomic E-state index is 0.0283. The van der Waals surface area contributed by atoms with Crippen molar-refractivity contribution in [3.05, 3.63) is 29.3 Å². The molecule has 1 fully saturated rings. The first-order chi connectivity index (χ1) is 11.1. The van der Waals surface area contributed by atoms with Crippen LogP contribution in [-0.2, 0) is 20.0 Å². The zero-order valence-electron chi connectivity index (χ0n) is 13.5. The number of carboxylic acid groups (broad SMARTS) is 1. The van der Waals surface area contributed by atoms with Gasteiger partial charge in [-0.1, -0.05) is 6.07 Å². The highest BCUT2D eigenvalue weighted by Crippen LogP contribution is 2.23. The number of aromatic carboxylic acids is 1. The van der Waals surface area contributed by atoms with E-state index in [4.69, 9.17) is 5.11 Å². The summed E-state index contributed by atoms with van der Waals surface area (Å²) in [6.07, 6.45) is 0. The average molecular weight is 376 g/mol. The van der Waals surface area contributed by atoms with Gasteiger partial charge in [0.05, 0.1) is 16.2 Å². The summed E-state index contributed by atoms with van der Waals surface area (Å²) in [4.78, 5) is 11.0. The second-order valence-electron chi connectivity index (χ2n) is 5.49. The predicted molar refractivity (Wildman–Crippen MR) is 87.9 cm³/mol. The molecule has 1 aliphatic rings. The molecule has 134 valence electrons. The molecule has 0 radical (unpaired) electrons. The Bertz CT molecular complexity index is 840. The Hall–Kier alpha value is -1.49. The van der Waals surface area contributed by atoms with E-state index in [1.807, 2.05) is 0 Å². The van der Waals surface area contributed by atoms with Gasteiger partial charge in [-0.05, 0) is 31.5 Å². The molecule has 10 heteroatoms. The molecular formula is C14H20N2O6S2. The summed E-state index contributed by atoms with van der Waals surface area (Å²) in [7, 11) is -7.22. The Morgan fingerprint density at radius 3 is 2.12 bits per heavy atom. The lowest BCUT2D eigenvalue weighted by molar-refractivity contribution is 0.0696. The third-order valence-corrected chi connectivity index (χ3v) is 7.93. The molecule has 0 saturated carbocycles. The van der Waals surface area contributed by atoms with Crippen molar-refractivity contribution in [2.24, 2.45) is 0 Å². The fourth-order valence-electron chi connectivity index (χ4n) is 2.52. The van der Waals surface area contributed by atoms with Crippen LogP contribution in [-0.4, -0.2) is 68.5 Å². The minimum atomic E-state index is -3.88. The molecule has 0 atom stereocenters. The number of carbonyl (C=O) groups is 1. The van der Waals surface area contributed by atoms with Crippen LogP contribution in [0.2, 0.25) is 0 Å². The number of aryl methyl sites for hydroxylation is 1. The molecule has 0 aromatic heterocycles. The van der Waals surface area contributed by atoms with E-state index in [0.717, 1.165) is 6.07 Å². The van der Waals surface area contributed by atoms with Gasteiger partial charge < -0.3 is 5.11 Å². The van der Waals surface area contributed by atoms with E-state index >= 15 is 0 Å². The topological polar surface area (TPSA) is 112 Å². The van der Waals surface area contributed by atoms with Gasteiger partial charge in [0.2, 0.25) is 20.0 Å². The number of benzene rings is 1. The zero-order valence-corrected chi connectivity index (χ0v) is 15.1. The molecule has 1 aromatic rings. The van der Waals surface area contributed by atoms with E-state index in [-0.39, 0.29) is 42.4 Å². The van der Waals surface area contributed by atoms with Crippen LogP contribution in [0.1, 0.15) is 22.8 Å². The van der Waals surface area contributed by atoms with Crippen LogP contribution in [0.4, 0.5) is 0 Å². The van der Waals surface area contributed by atoms with Crippen molar-refractivity contribution in [2.45, 2.75) is 18.7 Å². The summed E-state index contributed by atoms with van der Waals surface area (Å²) >= 11 is 0. The number of carboxylic acids is 1. The van der Waals surface area contributed by atoms with E-state index in [9.17, 15) is 21.6 Å². The third kappa shape index (κ3) is 3.61. The Morgan fingerprint density at radius 2 is 1.62 bits per heavy atom. The largest absolute Gasteiger partial charge is 0.478 e. The summed E-state index contributed by atoms with van der Waals surface area (Å²) in [6, 6.07) is 3.94. The molecule has 1 N–H and O–H groups in total. The second-order valence-corrected chi connectivity index (χ2v) is 9.65. The van der Waals surface area contributed by atoms with Gasteiger partial charge in [0, 0.05) is 26.2 Å². The van der Waals surface area contributed by atoms with Crippen molar-refractivity contribution in [3.63, 3.8) is 0 Å². The Balaban J connectivity index is 2.27. The third-order valence-electron chi connectivity index (χ3n) is 4.01. The SMILES string of the molecule is CCS(=O)(=O)N1CCN(S(=O)(=O)c2cc(C(=O)O)ccc2C)CC1. The van der Waals surface area contributed by atoms with Crippen molar-refractivity contribution >= 4 is 26.0 Å². The molecule has 1 aromatic carbocycles. The molecule has 1 saturated heterocycles. The highest BCUT2D eigenvalue weighted by Gasteiger charge is 2.33. The van der Waals surface area contributed by atoms with E-state index in [2.05, 4.69) is 0 Å². The highest BCUT2D eigenvalue weighted by atomic mass is 32.2. The summed E-state index contributed by atoms with van der Waals surface area (Å²) in [5, 5.41) is 9.05. The lowest BCUT2D eigenvalue weighted by Gasteiger charge is -2.33. The van der Waals surface area contributed by atoms with Crippen molar-refractivity contribution < 1.29 is 26.7 Å². The molecular weight excluding hydrogens is 356 g/mol. The van der Waals surface area contributed by atoms with Gasteiger partial charge in [-0.2, -0.15) is 8.61 Å². The Kier molecular flexibility index (Phi) is 5.33. The van der Waals surface area contributed by atoms with E-state index in [1.54, 1.807) is 13.8 Å². The standard InChI is InChI=1S/C14H20N2O6S2/c1-3-23(19,20)15-6-8-16(9-7-15)24(21,22)13-10-12(14(17)18)5-4-11(13)2/h4-5,10H,3,6-9H2,1-2H3,(H,17,18). The van der Waals surface area contributed by atoms with Gasteiger partial charge in [0.15, 0.2) is 0 Å². The maximum atomic E-state index is 12.8. The van der Waals surface area contributed by atoms with Crippen LogP contribution in [0.15, 0.2) is 23.1 Å². The number of sulfonamides is 2. The molecule has 0 bridgehead atoms. The Labute approximate surface area is 141 Å². The summed E-state index contributed by atoms with van der Waals surface area (Å²) in [5.41, 5.74) is 0.343. The quantitative estimate of drug-likeness (QED) is 0.793. The highest BCUT2D eigenvalue weighted by molar-refractivity contribution is 7.89. The van der Waals surface area contributed by atoms with Crippen LogP contribution >= 0.6 is 0 Å². The van der Waals surface area contributed by atoms with Crippen molar-refractivity contribution in [3.8, 4) is 0 Å². The summed E-state index contributed by atoms with van der Waals surface area (Å²) in [5.74, 6) is -1.23. The first-order valence-corrected chi connectivity index (χ1v) is 10.5. The predicted octanol–water partition coefficient (Wildman–Crippen LogP) is 0.349. The van der Waals surface area contributed by atoms with Crippen LogP contribution in [0.3, 0.4) is 0 Å². The molecule has 1 heterocycles. The van der Waals surface area contributed by atoms with Crippen LogP contribution in [0.5, 0.6) is 0 Å². The first kappa shape index (κ1) is 18.8.